The van der Waals surface area contributed by atoms with Crippen molar-refractivity contribution >= 4 is 21.7 Å². The van der Waals surface area contributed by atoms with Crippen LogP contribution in [0.3, 0.4) is 0 Å². The first-order valence-corrected chi connectivity index (χ1v) is 12.0. The number of carbonyl (C=O) groups is 1. The fourth-order valence-corrected chi connectivity index (χ4v) is 3.23. The van der Waals surface area contributed by atoms with Crippen molar-refractivity contribution in [3.05, 3.63) is 23.8 Å². The van der Waals surface area contributed by atoms with Gasteiger partial charge in [-0.1, -0.05) is 25.7 Å². The Labute approximate surface area is 180 Å². The molecule has 0 saturated heterocycles. The van der Waals surface area contributed by atoms with E-state index in [-0.39, 0.29) is 25.3 Å². The summed E-state index contributed by atoms with van der Waals surface area (Å²) in [6.07, 6.45) is 0.911. The summed E-state index contributed by atoms with van der Waals surface area (Å²) in [5.41, 5.74) is 1.93. The Hall–Kier alpha value is -2.24. The lowest BCUT2D eigenvalue weighted by molar-refractivity contribution is -0.121. The van der Waals surface area contributed by atoms with E-state index in [1.807, 2.05) is 18.2 Å². The molecule has 8 heteroatoms. The van der Waals surface area contributed by atoms with Crippen LogP contribution < -0.4 is 15.0 Å². The van der Waals surface area contributed by atoms with Crippen molar-refractivity contribution in [3.63, 3.8) is 0 Å². The van der Waals surface area contributed by atoms with E-state index < -0.39 is 15.9 Å². The Kier molecular flexibility index (Phi) is 11.3. The SMILES string of the molecule is CCN(CC)c1cc(C#CC(C)C)ccc1OCCCC(=O)NCCCS(=O)(=O)[O-]. The van der Waals surface area contributed by atoms with Gasteiger partial charge in [0.15, 0.2) is 0 Å². The molecule has 1 rings (SSSR count). The number of benzene rings is 1. The number of amides is 1. The van der Waals surface area contributed by atoms with Gasteiger partial charge >= 0.3 is 0 Å². The first-order chi connectivity index (χ1) is 14.2. The lowest BCUT2D eigenvalue weighted by atomic mass is 10.1. The van der Waals surface area contributed by atoms with Crippen molar-refractivity contribution in [2.45, 2.75) is 47.0 Å². The fourth-order valence-electron chi connectivity index (χ4n) is 2.74. The van der Waals surface area contributed by atoms with Crippen molar-refractivity contribution in [2.75, 3.05) is 36.9 Å². The molecule has 1 amide bonds. The topological polar surface area (TPSA) is 98.8 Å². The molecule has 0 atom stereocenters. The highest BCUT2D eigenvalue weighted by Crippen LogP contribution is 2.29. The molecule has 30 heavy (non-hydrogen) atoms. The molecule has 0 heterocycles. The van der Waals surface area contributed by atoms with Crippen LogP contribution in [0, 0.1) is 17.8 Å². The molecule has 0 fully saturated rings. The van der Waals surface area contributed by atoms with Gasteiger partial charge in [-0.3, -0.25) is 4.79 Å². The van der Waals surface area contributed by atoms with E-state index in [1.165, 1.54) is 0 Å². The summed E-state index contributed by atoms with van der Waals surface area (Å²) < 4.78 is 37.5. The Morgan fingerprint density at radius 3 is 2.53 bits per heavy atom. The number of hydrogen-bond donors (Lipinski definition) is 1. The molecular formula is C22H33N2O5S-. The van der Waals surface area contributed by atoms with Crippen LogP contribution in [0.4, 0.5) is 5.69 Å². The summed E-state index contributed by atoms with van der Waals surface area (Å²) in [5.74, 6) is 6.76. The zero-order valence-electron chi connectivity index (χ0n) is 18.4. The quantitative estimate of drug-likeness (QED) is 0.307. The Morgan fingerprint density at radius 1 is 1.23 bits per heavy atom. The van der Waals surface area contributed by atoms with Crippen LogP contribution in [-0.4, -0.2) is 50.9 Å². The Bertz CT molecular complexity index is 837. The van der Waals surface area contributed by atoms with Gasteiger partial charge in [-0.2, -0.15) is 0 Å². The number of anilines is 1. The summed E-state index contributed by atoms with van der Waals surface area (Å²) >= 11 is 0. The number of hydrogen-bond acceptors (Lipinski definition) is 6. The molecule has 168 valence electrons. The maximum Gasteiger partial charge on any atom is 0.220 e. The molecular weight excluding hydrogens is 404 g/mol. The van der Waals surface area contributed by atoms with E-state index in [9.17, 15) is 17.8 Å². The van der Waals surface area contributed by atoms with Crippen LogP contribution in [0.1, 0.15) is 52.5 Å². The van der Waals surface area contributed by atoms with E-state index in [1.54, 1.807) is 0 Å². The smallest absolute Gasteiger partial charge is 0.220 e. The zero-order chi connectivity index (χ0) is 22.6. The fraction of sp³-hybridized carbons (Fsp3) is 0.591. The maximum atomic E-state index is 11.8. The summed E-state index contributed by atoms with van der Waals surface area (Å²) in [6.45, 7) is 10.5. The van der Waals surface area contributed by atoms with Crippen LogP contribution >= 0.6 is 0 Å². The predicted molar refractivity (Wildman–Crippen MR) is 119 cm³/mol. The van der Waals surface area contributed by atoms with Gasteiger partial charge in [-0.15, -0.1) is 0 Å². The average Bonchev–Trinajstić information content (AvgIpc) is 2.68. The molecule has 1 aromatic rings. The van der Waals surface area contributed by atoms with Gasteiger partial charge in [0, 0.05) is 43.3 Å². The third-order valence-corrected chi connectivity index (χ3v) is 5.06. The molecule has 7 nitrogen and oxygen atoms in total. The maximum absolute atomic E-state index is 11.8. The van der Waals surface area contributed by atoms with Gasteiger partial charge in [0.05, 0.1) is 22.4 Å². The molecule has 0 aliphatic carbocycles. The third-order valence-electron chi connectivity index (χ3n) is 4.27. The van der Waals surface area contributed by atoms with Crippen molar-refractivity contribution in [2.24, 2.45) is 5.92 Å². The second-order valence-electron chi connectivity index (χ2n) is 7.20. The first kappa shape index (κ1) is 25.8. The molecule has 0 saturated carbocycles. The Morgan fingerprint density at radius 2 is 1.93 bits per heavy atom. The van der Waals surface area contributed by atoms with Crippen LogP contribution in [0.15, 0.2) is 18.2 Å². The van der Waals surface area contributed by atoms with Crippen molar-refractivity contribution in [1.82, 2.24) is 5.32 Å². The molecule has 0 aliphatic rings. The highest BCUT2D eigenvalue weighted by Gasteiger charge is 2.11. The van der Waals surface area contributed by atoms with Crippen LogP contribution in [-0.2, 0) is 14.9 Å². The molecule has 0 spiro atoms. The largest absolute Gasteiger partial charge is 0.748 e. The summed E-state index contributed by atoms with van der Waals surface area (Å²) in [6, 6.07) is 5.89. The van der Waals surface area contributed by atoms with Gasteiger partial charge in [0.1, 0.15) is 5.75 Å². The predicted octanol–water partition coefficient (Wildman–Crippen LogP) is 2.75. The van der Waals surface area contributed by atoms with Crippen molar-refractivity contribution in [1.29, 1.82) is 0 Å². The van der Waals surface area contributed by atoms with Gasteiger partial charge in [-0.05, 0) is 44.9 Å². The van der Waals surface area contributed by atoms with E-state index in [2.05, 4.69) is 49.8 Å². The third kappa shape index (κ3) is 10.5. The molecule has 0 unspecified atom stereocenters. The minimum absolute atomic E-state index is 0.118. The van der Waals surface area contributed by atoms with E-state index in [0.29, 0.717) is 18.9 Å². The molecule has 1 N–H and O–H groups in total. The highest BCUT2D eigenvalue weighted by molar-refractivity contribution is 7.85. The molecule has 0 radical (unpaired) electrons. The zero-order valence-corrected chi connectivity index (χ0v) is 19.2. The Balaban J connectivity index is 2.59. The highest BCUT2D eigenvalue weighted by atomic mass is 32.2. The summed E-state index contributed by atoms with van der Waals surface area (Å²) in [7, 11) is -4.23. The van der Waals surface area contributed by atoms with Gasteiger partial charge < -0.3 is 19.5 Å². The standard InChI is InChI=1S/C22H34N2O5S/c1-5-24(6-2)20-17-19(11-10-18(3)4)12-13-21(20)29-15-7-9-22(25)23-14-8-16-30(26,27)28/h12-13,17-18H,5-9,14-16H2,1-4H3,(H,23,25)(H,26,27,28)/p-1. The number of ether oxygens (including phenoxy) is 1. The van der Waals surface area contributed by atoms with Crippen LogP contribution in [0.5, 0.6) is 5.75 Å². The number of nitrogens with zero attached hydrogens (tertiary/aromatic N) is 1. The molecule has 0 aromatic heterocycles. The second-order valence-corrected chi connectivity index (χ2v) is 8.72. The first-order valence-electron chi connectivity index (χ1n) is 10.4. The summed E-state index contributed by atoms with van der Waals surface area (Å²) in [5, 5.41) is 2.61. The van der Waals surface area contributed by atoms with Gasteiger partial charge in [0.25, 0.3) is 0 Å². The lowest BCUT2D eigenvalue weighted by Crippen LogP contribution is -2.26. The van der Waals surface area contributed by atoms with E-state index in [0.717, 1.165) is 30.1 Å². The van der Waals surface area contributed by atoms with Gasteiger partial charge in [0.2, 0.25) is 5.91 Å². The van der Waals surface area contributed by atoms with E-state index in [4.69, 9.17) is 4.74 Å². The lowest BCUT2D eigenvalue weighted by Gasteiger charge is -2.24. The normalized spacial score (nSPS) is 11.0. The van der Waals surface area contributed by atoms with Crippen LogP contribution in [0.2, 0.25) is 0 Å². The number of nitrogens with one attached hydrogen (secondary N) is 1. The van der Waals surface area contributed by atoms with E-state index >= 15 is 0 Å². The molecule has 1 aromatic carbocycles. The second kappa shape index (κ2) is 13.1. The van der Waals surface area contributed by atoms with Gasteiger partial charge in [-0.25, -0.2) is 8.42 Å². The summed E-state index contributed by atoms with van der Waals surface area (Å²) in [4.78, 5) is 14.0. The minimum atomic E-state index is -4.23. The minimum Gasteiger partial charge on any atom is -0.748 e. The van der Waals surface area contributed by atoms with Crippen molar-refractivity contribution < 1.29 is 22.5 Å². The van der Waals surface area contributed by atoms with Crippen molar-refractivity contribution in [3.8, 4) is 17.6 Å². The molecule has 0 aliphatic heterocycles. The average molecular weight is 438 g/mol. The van der Waals surface area contributed by atoms with Crippen LogP contribution in [0.25, 0.3) is 0 Å². The number of carbonyl (C=O) groups excluding carboxylic acids is 1. The molecule has 0 bridgehead atoms. The monoisotopic (exact) mass is 437 g/mol. The number of rotatable bonds is 12.